The molecule has 0 fully saturated rings. The Hall–Kier alpha value is -2.50. The summed E-state index contributed by atoms with van der Waals surface area (Å²) in [6, 6.07) is 6.70. The number of nitrogens with one attached hydrogen (secondary N) is 1. The lowest BCUT2D eigenvalue weighted by Gasteiger charge is -2.11. The molecule has 2 aromatic rings. The molecule has 0 unspecified atom stereocenters. The van der Waals surface area contributed by atoms with Gasteiger partial charge in [0.1, 0.15) is 12.0 Å². The Morgan fingerprint density at radius 1 is 1.41 bits per heavy atom. The van der Waals surface area contributed by atoms with E-state index in [1.807, 2.05) is 0 Å². The molecule has 17 heavy (non-hydrogen) atoms. The van der Waals surface area contributed by atoms with Crippen molar-refractivity contribution in [1.29, 1.82) is 0 Å². The third kappa shape index (κ3) is 2.36. The van der Waals surface area contributed by atoms with Crippen LogP contribution in [0.15, 0.2) is 35.1 Å². The number of aromatic nitrogens is 1. The number of benzene rings is 1. The first-order chi connectivity index (χ1) is 8.18. The zero-order valence-electron chi connectivity index (χ0n) is 9.01. The molecule has 0 aliphatic carbocycles. The Balaban J connectivity index is 2.22. The number of para-hydroxylation sites is 1. The van der Waals surface area contributed by atoms with Gasteiger partial charge in [0.25, 0.3) is 5.91 Å². The van der Waals surface area contributed by atoms with Crippen LogP contribution in [0.5, 0.6) is 0 Å². The molecule has 1 heterocycles. The van der Waals surface area contributed by atoms with Crippen molar-refractivity contribution in [3.63, 3.8) is 0 Å². The molecule has 2 rings (SSSR count). The number of hydrogen-bond donors (Lipinski definition) is 3. The molecule has 0 atom stereocenters. The van der Waals surface area contributed by atoms with Crippen LogP contribution in [0.3, 0.4) is 0 Å². The molecule has 88 valence electrons. The normalized spacial score (nSPS) is 10.1. The van der Waals surface area contributed by atoms with Crippen molar-refractivity contribution in [2.75, 3.05) is 11.1 Å². The number of carbonyl (C=O) groups excluding carboxylic acids is 1. The first-order valence-electron chi connectivity index (χ1n) is 5.00. The summed E-state index contributed by atoms with van der Waals surface area (Å²) in [6.07, 6.45) is 1.47. The fourth-order valence-corrected chi connectivity index (χ4v) is 1.48. The van der Waals surface area contributed by atoms with Gasteiger partial charge in [-0.05, 0) is 12.1 Å². The van der Waals surface area contributed by atoms with Gasteiger partial charge in [0.2, 0.25) is 0 Å². The zero-order chi connectivity index (χ0) is 12.3. The maximum Gasteiger partial charge on any atom is 0.250 e. The first-order valence-corrected chi connectivity index (χ1v) is 5.00. The fraction of sp³-hybridized carbons (Fsp3) is 0.0909. The zero-order valence-corrected chi connectivity index (χ0v) is 9.01. The topological polar surface area (TPSA) is 107 Å². The van der Waals surface area contributed by atoms with Crippen LogP contribution in [0.4, 0.5) is 11.4 Å². The molecular formula is C11H12N4O2. The molecule has 1 aromatic carbocycles. The summed E-state index contributed by atoms with van der Waals surface area (Å²) in [5, 5.41) is 6.76. The van der Waals surface area contributed by atoms with Gasteiger partial charge in [-0.3, -0.25) is 4.79 Å². The van der Waals surface area contributed by atoms with Crippen LogP contribution in [0, 0.1) is 0 Å². The monoisotopic (exact) mass is 232 g/mol. The SMILES string of the molecule is NC(=O)c1cccc(N)c1NCc1ccon1. The van der Waals surface area contributed by atoms with Gasteiger partial charge in [0.15, 0.2) is 0 Å². The van der Waals surface area contributed by atoms with Crippen LogP contribution >= 0.6 is 0 Å². The number of hydrogen-bond acceptors (Lipinski definition) is 5. The minimum atomic E-state index is -0.528. The van der Waals surface area contributed by atoms with Crippen molar-refractivity contribution in [2.45, 2.75) is 6.54 Å². The highest BCUT2D eigenvalue weighted by Crippen LogP contribution is 2.23. The Morgan fingerprint density at radius 2 is 2.24 bits per heavy atom. The van der Waals surface area contributed by atoms with E-state index in [1.165, 1.54) is 6.26 Å². The van der Waals surface area contributed by atoms with E-state index in [0.717, 1.165) is 0 Å². The smallest absolute Gasteiger partial charge is 0.250 e. The number of carbonyl (C=O) groups is 1. The Morgan fingerprint density at radius 3 is 2.88 bits per heavy atom. The average Bonchev–Trinajstić information content (AvgIpc) is 2.80. The van der Waals surface area contributed by atoms with Gasteiger partial charge in [-0.2, -0.15) is 0 Å². The van der Waals surface area contributed by atoms with Gasteiger partial charge in [0, 0.05) is 6.07 Å². The van der Waals surface area contributed by atoms with E-state index in [9.17, 15) is 4.79 Å². The summed E-state index contributed by atoms with van der Waals surface area (Å²) in [5.41, 5.74) is 13.1. The summed E-state index contributed by atoms with van der Waals surface area (Å²) in [7, 11) is 0. The van der Waals surface area contributed by atoms with Crippen molar-refractivity contribution in [2.24, 2.45) is 5.73 Å². The van der Waals surface area contributed by atoms with E-state index in [1.54, 1.807) is 24.3 Å². The van der Waals surface area contributed by atoms with Gasteiger partial charge >= 0.3 is 0 Å². The average molecular weight is 232 g/mol. The summed E-state index contributed by atoms with van der Waals surface area (Å²) >= 11 is 0. The lowest BCUT2D eigenvalue weighted by Crippen LogP contribution is -2.15. The van der Waals surface area contributed by atoms with E-state index in [4.69, 9.17) is 16.0 Å². The molecule has 0 bridgehead atoms. The lowest BCUT2D eigenvalue weighted by atomic mass is 10.1. The van der Waals surface area contributed by atoms with Gasteiger partial charge in [0.05, 0.1) is 23.5 Å². The molecule has 0 saturated heterocycles. The van der Waals surface area contributed by atoms with E-state index >= 15 is 0 Å². The lowest BCUT2D eigenvalue weighted by molar-refractivity contribution is 0.100. The second kappa shape index (κ2) is 4.56. The van der Waals surface area contributed by atoms with E-state index in [2.05, 4.69) is 10.5 Å². The van der Waals surface area contributed by atoms with E-state index < -0.39 is 5.91 Å². The first kappa shape index (κ1) is 11.0. The Bertz CT molecular complexity index is 522. The molecule has 0 radical (unpaired) electrons. The number of nitrogens with zero attached hydrogens (tertiary/aromatic N) is 1. The number of amides is 1. The van der Waals surface area contributed by atoms with E-state index in [-0.39, 0.29) is 0 Å². The third-order valence-electron chi connectivity index (χ3n) is 2.30. The van der Waals surface area contributed by atoms with E-state index in [0.29, 0.717) is 29.2 Å². The van der Waals surface area contributed by atoms with Crippen molar-refractivity contribution < 1.29 is 9.32 Å². The van der Waals surface area contributed by atoms with Crippen LogP contribution in [-0.2, 0) is 6.54 Å². The molecule has 0 saturated carbocycles. The Labute approximate surface area is 97.6 Å². The molecule has 6 nitrogen and oxygen atoms in total. The highest BCUT2D eigenvalue weighted by atomic mass is 16.5. The fourth-order valence-electron chi connectivity index (χ4n) is 1.48. The van der Waals surface area contributed by atoms with Crippen LogP contribution in [-0.4, -0.2) is 11.1 Å². The number of nitrogen functional groups attached to an aromatic ring is 1. The Kier molecular flexibility index (Phi) is 2.95. The number of rotatable bonds is 4. The van der Waals surface area contributed by atoms with Crippen molar-refractivity contribution in [3.05, 3.63) is 41.8 Å². The maximum atomic E-state index is 11.2. The number of anilines is 2. The standard InChI is InChI=1S/C11H12N4O2/c12-9-3-1-2-8(11(13)16)10(9)14-6-7-4-5-17-15-7/h1-5,14H,6,12H2,(H2,13,16). The minimum Gasteiger partial charge on any atom is -0.397 e. The molecule has 5 N–H and O–H groups in total. The molecule has 1 aromatic heterocycles. The molecule has 0 aliphatic heterocycles. The van der Waals surface area contributed by atoms with Gasteiger partial charge in [-0.15, -0.1) is 0 Å². The minimum absolute atomic E-state index is 0.355. The molecule has 1 amide bonds. The van der Waals surface area contributed by atoms with Crippen molar-refractivity contribution in [3.8, 4) is 0 Å². The predicted molar refractivity (Wildman–Crippen MR) is 63.2 cm³/mol. The molecule has 0 aliphatic rings. The maximum absolute atomic E-state index is 11.2. The van der Waals surface area contributed by atoms with Gasteiger partial charge in [-0.1, -0.05) is 11.2 Å². The van der Waals surface area contributed by atoms with Crippen LogP contribution in [0.25, 0.3) is 0 Å². The van der Waals surface area contributed by atoms with Gasteiger partial charge in [-0.25, -0.2) is 0 Å². The van der Waals surface area contributed by atoms with Gasteiger partial charge < -0.3 is 21.3 Å². The second-order valence-corrected chi connectivity index (χ2v) is 3.48. The number of primary amides is 1. The summed E-state index contributed by atoms with van der Waals surface area (Å²) in [4.78, 5) is 11.2. The highest BCUT2D eigenvalue weighted by molar-refractivity contribution is 6.01. The van der Waals surface area contributed by atoms with Crippen molar-refractivity contribution >= 4 is 17.3 Å². The van der Waals surface area contributed by atoms with Crippen LogP contribution in [0.1, 0.15) is 16.1 Å². The van der Waals surface area contributed by atoms with Crippen LogP contribution < -0.4 is 16.8 Å². The van der Waals surface area contributed by atoms with Crippen molar-refractivity contribution in [1.82, 2.24) is 5.16 Å². The summed E-state index contributed by atoms with van der Waals surface area (Å²) < 4.78 is 4.70. The largest absolute Gasteiger partial charge is 0.397 e. The molecular weight excluding hydrogens is 220 g/mol. The second-order valence-electron chi connectivity index (χ2n) is 3.48. The predicted octanol–water partition coefficient (Wildman–Crippen LogP) is 0.968. The highest BCUT2D eigenvalue weighted by Gasteiger charge is 2.10. The number of nitrogens with two attached hydrogens (primary N) is 2. The summed E-state index contributed by atoms with van der Waals surface area (Å²) in [6.45, 7) is 0.408. The molecule has 6 heteroatoms. The quantitative estimate of drug-likeness (QED) is 0.681. The van der Waals surface area contributed by atoms with Crippen LogP contribution in [0.2, 0.25) is 0 Å². The third-order valence-corrected chi connectivity index (χ3v) is 2.30. The molecule has 0 spiro atoms. The summed E-state index contributed by atoms with van der Waals surface area (Å²) in [5.74, 6) is -0.528.